The average molecular weight is 268 g/mol. The van der Waals surface area contributed by atoms with Crippen molar-refractivity contribution in [1.29, 1.82) is 0 Å². The number of aliphatic carboxylic acids is 1. The molecule has 2 atom stereocenters. The molecule has 0 amide bonds. The van der Waals surface area contributed by atoms with Crippen molar-refractivity contribution in [2.24, 2.45) is 17.6 Å². The van der Waals surface area contributed by atoms with E-state index in [-0.39, 0.29) is 5.92 Å². The number of carboxylic acids is 1. The molecular weight excluding hydrogens is 240 g/mol. The molecule has 0 spiro atoms. The molecule has 0 saturated heterocycles. The molecule has 0 radical (unpaired) electrons. The van der Waals surface area contributed by atoms with E-state index in [1.54, 1.807) is 0 Å². The van der Waals surface area contributed by atoms with E-state index < -0.39 is 11.5 Å². The summed E-state index contributed by atoms with van der Waals surface area (Å²) in [5.74, 6) is 0.225. The number of carbonyl (C=O) groups is 1. The average Bonchev–Trinajstić information content (AvgIpc) is 2.70. The Kier molecular flexibility index (Phi) is 4.85. The molecule has 4 heteroatoms. The van der Waals surface area contributed by atoms with Crippen molar-refractivity contribution in [2.75, 3.05) is 19.6 Å². The van der Waals surface area contributed by atoms with Crippen LogP contribution in [0, 0.1) is 11.8 Å². The maximum absolute atomic E-state index is 11.3. The predicted octanol–water partition coefficient (Wildman–Crippen LogP) is 2.08. The molecule has 2 fully saturated rings. The molecule has 0 aromatic rings. The fourth-order valence-corrected chi connectivity index (χ4v) is 3.54. The van der Waals surface area contributed by atoms with Crippen molar-refractivity contribution in [1.82, 2.24) is 4.90 Å². The highest BCUT2D eigenvalue weighted by Gasteiger charge is 2.45. The van der Waals surface area contributed by atoms with E-state index in [1.165, 1.54) is 25.8 Å². The molecule has 4 nitrogen and oxygen atoms in total. The molecule has 3 N–H and O–H groups in total. The molecule has 110 valence electrons. The van der Waals surface area contributed by atoms with Crippen molar-refractivity contribution < 1.29 is 9.90 Å². The highest BCUT2D eigenvalue weighted by atomic mass is 16.4. The van der Waals surface area contributed by atoms with Crippen LogP contribution in [0.1, 0.15) is 51.9 Å². The second kappa shape index (κ2) is 6.23. The van der Waals surface area contributed by atoms with Crippen LogP contribution in [0.4, 0.5) is 0 Å². The first-order chi connectivity index (χ1) is 9.06. The minimum absolute atomic E-state index is 0.153. The van der Waals surface area contributed by atoms with Crippen molar-refractivity contribution in [2.45, 2.75) is 57.4 Å². The summed E-state index contributed by atoms with van der Waals surface area (Å²) in [4.78, 5) is 13.8. The van der Waals surface area contributed by atoms with Crippen LogP contribution in [-0.4, -0.2) is 41.1 Å². The third kappa shape index (κ3) is 3.29. The fourth-order valence-electron chi connectivity index (χ4n) is 3.54. The maximum Gasteiger partial charge on any atom is 0.323 e. The molecule has 0 aromatic heterocycles. The van der Waals surface area contributed by atoms with Crippen LogP contribution in [0.15, 0.2) is 0 Å². The van der Waals surface area contributed by atoms with Gasteiger partial charge in [0.15, 0.2) is 0 Å². The van der Waals surface area contributed by atoms with Crippen LogP contribution in [-0.2, 0) is 4.79 Å². The Morgan fingerprint density at radius 2 is 2.11 bits per heavy atom. The van der Waals surface area contributed by atoms with Gasteiger partial charge in [-0.05, 0) is 57.0 Å². The number of nitrogens with zero attached hydrogens (tertiary/aromatic N) is 1. The van der Waals surface area contributed by atoms with Gasteiger partial charge in [0.25, 0.3) is 0 Å². The van der Waals surface area contributed by atoms with Crippen molar-refractivity contribution in [3.8, 4) is 0 Å². The topological polar surface area (TPSA) is 66.6 Å². The molecule has 2 aliphatic carbocycles. The molecule has 2 saturated carbocycles. The van der Waals surface area contributed by atoms with E-state index in [1.807, 2.05) is 0 Å². The Morgan fingerprint density at radius 1 is 1.37 bits per heavy atom. The van der Waals surface area contributed by atoms with Gasteiger partial charge in [-0.25, -0.2) is 0 Å². The summed E-state index contributed by atoms with van der Waals surface area (Å²) in [6.45, 7) is 5.45. The monoisotopic (exact) mass is 268 g/mol. The van der Waals surface area contributed by atoms with Crippen LogP contribution in [0.3, 0.4) is 0 Å². The van der Waals surface area contributed by atoms with Crippen LogP contribution in [0.25, 0.3) is 0 Å². The van der Waals surface area contributed by atoms with Gasteiger partial charge in [0.2, 0.25) is 0 Å². The molecule has 19 heavy (non-hydrogen) atoms. The quantitative estimate of drug-likeness (QED) is 0.742. The molecular formula is C15H28N2O2. The Hall–Kier alpha value is -0.610. The maximum atomic E-state index is 11.3. The van der Waals surface area contributed by atoms with E-state index in [2.05, 4.69) is 11.8 Å². The lowest BCUT2D eigenvalue weighted by Gasteiger charge is -2.33. The van der Waals surface area contributed by atoms with Gasteiger partial charge in [-0.2, -0.15) is 0 Å². The van der Waals surface area contributed by atoms with Crippen LogP contribution < -0.4 is 5.73 Å². The highest BCUT2D eigenvalue weighted by molar-refractivity contribution is 5.79. The zero-order valence-corrected chi connectivity index (χ0v) is 12.1. The third-order valence-corrected chi connectivity index (χ3v) is 5.25. The summed E-state index contributed by atoms with van der Waals surface area (Å²) in [7, 11) is 0. The zero-order valence-electron chi connectivity index (χ0n) is 12.1. The van der Waals surface area contributed by atoms with Crippen LogP contribution in [0.5, 0.6) is 0 Å². The fraction of sp³-hybridized carbons (Fsp3) is 0.933. The minimum atomic E-state index is -0.962. The molecule has 0 aliphatic heterocycles. The largest absolute Gasteiger partial charge is 0.480 e. The minimum Gasteiger partial charge on any atom is -0.480 e. The van der Waals surface area contributed by atoms with Gasteiger partial charge in [-0.3, -0.25) is 4.79 Å². The third-order valence-electron chi connectivity index (χ3n) is 5.25. The first-order valence-corrected chi connectivity index (χ1v) is 7.81. The van der Waals surface area contributed by atoms with Crippen molar-refractivity contribution in [3.05, 3.63) is 0 Å². The number of nitrogens with two attached hydrogens (primary N) is 1. The summed E-state index contributed by atoms with van der Waals surface area (Å²) >= 11 is 0. The number of carboxylic acid groups (broad SMARTS) is 1. The Balaban J connectivity index is 1.80. The summed E-state index contributed by atoms with van der Waals surface area (Å²) < 4.78 is 0. The van der Waals surface area contributed by atoms with Crippen LogP contribution >= 0.6 is 0 Å². The summed E-state index contributed by atoms with van der Waals surface area (Å²) in [6.07, 6.45) is 7.64. The van der Waals surface area contributed by atoms with Gasteiger partial charge in [0.1, 0.15) is 5.54 Å². The lowest BCUT2D eigenvalue weighted by atomic mass is 9.84. The Bertz CT molecular complexity index is 317. The van der Waals surface area contributed by atoms with Gasteiger partial charge >= 0.3 is 5.97 Å². The van der Waals surface area contributed by atoms with Crippen molar-refractivity contribution >= 4 is 5.97 Å². The standard InChI is InChI=1S/C15H28N2O2/c1-2-17(11-12-5-3-6-12)10-8-13-7-4-9-15(13,16)14(18)19/h12-13H,2-11,16H2,1H3,(H,18,19). The number of rotatable bonds is 7. The van der Waals surface area contributed by atoms with Gasteiger partial charge in [0.05, 0.1) is 0 Å². The zero-order chi connectivity index (χ0) is 13.9. The number of hydrogen-bond acceptors (Lipinski definition) is 3. The van der Waals surface area contributed by atoms with Crippen molar-refractivity contribution in [3.63, 3.8) is 0 Å². The van der Waals surface area contributed by atoms with E-state index in [4.69, 9.17) is 5.73 Å². The normalized spacial score (nSPS) is 31.6. The van der Waals surface area contributed by atoms with E-state index in [0.29, 0.717) is 6.42 Å². The molecule has 2 unspecified atom stereocenters. The van der Waals surface area contributed by atoms with Gasteiger partial charge in [-0.15, -0.1) is 0 Å². The smallest absolute Gasteiger partial charge is 0.323 e. The Labute approximate surface area is 116 Å². The molecule has 2 aliphatic rings. The number of hydrogen-bond donors (Lipinski definition) is 2. The van der Waals surface area contributed by atoms with E-state index in [9.17, 15) is 9.90 Å². The molecule has 0 bridgehead atoms. The second-order valence-electron chi connectivity index (χ2n) is 6.41. The van der Waals surface area contributed by atoms with Gasteiger partial charge in [-0.1, -0.05) is 19.8 Å². The van der Waals surface area contributed by atoms with Gasteiger partial charge < -0.3 is 15.7 Å². The lowest BCUT2D eigenvalue weighted by Crippen LogP contribution is -2.51. The first kappa shape index (κ1) is 14.8. The van der Waals surface area contributed by atoms with Gasteiger partial charge in [0, 0.05) is 6.54 Å². The Morgan fingerprint density at radius 3 is 2.63 bits per heavy atom. The first-order valence-electron chi connectivity index (χ1n) is 7.81. The van der Waals surface area contributed by atoms with Crippen LogP contribution in [0.2, 0.25) is 0 Å². The van der Waals surface area contributed by atoms with E-state index in [0.717, 1.165) is 38.3 Å². The summed E-state index contributed by atoms with van der Waals surface area (Å²) in [5, 5.41) is 9.32. The summed E-state index contributed by atoms with van der Waals surface area (Å²) in [5.41, 5.74) is 5.13. The van der Waals surface area contributed by atoms with E-state index >= 15 is 0 Å². The second-order valence-corrected chi connectivity index (χ2v) is 6.41. The predicted molar refractivity (Wildman–Crippen MR) is 76.0 cm³/mol. The molecule has 0 aromatic carbocycles. The molecule has 2 rings (SSSR count). The highest BCUT2D eigenvalue weighted by Crippen LogP contribution is 2.36. The SMILES string of the molecule is CCN(CCC1CCCC1(N)C(=O)O)CC1CCC1. The summed E-state index contributed by atoms with van der Waals surface area (Å²) in [6, 6.07) is 0. The molecule has 0 heterocycles. The lowest BCUT2D eigenvalue weighted by molar-refractivity contribution is -0.144.